The van der Waals surface area contributed by atoms with Gasteiger partial charge in [-0.25, -0.2) is 14.4 Å². The fourth-order valence-electron chi connectivity index (χ4n) is 4.54. The van der Waals surface area contributed by atoms with Gasteiger partial charge in [0.1, 0.15) is 11.9 Å². The third kappa shape index (κ3) is 5.84. The molecule has 0 spiro atoms. The predicted octanol–water partition coefficient (Wildman–Crippen LogP) is 3.81. The van der Waals surface area contributed by atoms with E-state index in [9.17, 15) is 5.11 Å². The lowest BCUT2D eigenvalue weighted by Crippen LogP contribution is -2.42. The number of piperidine rings is 1. The molecule has 0 unspecified atom stereocenters. The number of methoxy groups -OCH3 is 1. The van der Waals surface area contributed by atoms with Crippen LogP contribution >= 0.6 is 0 Å². The second kappa shape index (κ2) is 11.2. The summed E-state index contributed by atoms with van der Waals surface area (Å²) in [4.78, 5) is 14.8. The van der Waals surface area contributed by atoms with Gasteiger partial charge in [0.05, 0.1) is 19.2 Å². The van der Waals surface area contributed by atoms with Crippen LogP contribution in [0.5, 0.6) is 5.75 Å². The van der Waals surface area contributed by atoms with Crippen LogP contribution in [0.15, 0.2) is 48.9 Å². The molecule has 1 saturated heterocycles. The fourth-order valence-corrected chi connectivity index (χ4v) is 4.54. The number of aromatic nitrogens is 3. The summed E-state index contributed by atoms with van der Waals surface area (Å²) in [5, 5.41) is 10.8. The van der Waals surface area contributed by atoms with Crippen molar-refractivity contribution in [1.29, 1.82) is 0 Å². The molecule has 6 nitrogen and oxygen atoms in total. The molecule has 0 bridgehead atoms. The van der Waals surface area contributed by atoms with Crippen LogP contribution in [0.3, 0.4) is 0 Å². The zero-order chi connectivity index (χ0) is 23.0. The molecule has 3 aromatic rings. The van der Waals surface area contributed by atoms with Crippen LogP contribution in [0.2, 0.25) is 0 Å². The molecule has 1 aromatic carbocycles. The Morgan fingerprint density at radius 2 is 2.03 bits per heavy atom. The highest BCUT2D eigenvalue weighted by Gasteiger charge is 2.29. The lowest BCUT2D eigenvalue weighted by Gasteiger charge is -2.37. The summed E-state index contributed by atoms with van der Waals surface area (Å²) in [7, 11) is 1.60. The van der Waals surface area contributed by atoms with Gasteiger partial charge < -0.3 is 9.84 Å². The van der Waals surface area contributed by atoms with E-state index in [0.29, 0.717) is 30.1 Å². The van der Waals surface area contributed by atoms with Gasteiger partial charge in [-0.15, -0.1) is 0 Å². The Bertz CT molecular complexity index is 1120. The number of ether oxygens (including phenoxy) is 1. The molecule has 0 saturated carbocycles. The summed E-state index contributed by atoms with van der Waals surface area (Å²) in [6.45, 7) is 2.36. The van der Waals surface area contributed by atoms with Crippen LogP contribution < -0.4 is 4.74 Å². The minimum absolute atomic E-state index is 0.0999. The normalized spacial score (nSPS) is 19.6. The Morgan fingerprint density at radius 3 is 2.82 bits per heavy atom. The Balaban J connectivity index is 1.34. The number of aliphatic hydroxyl groups is 1. The van der Waals surface area contributed by atoms with E-state index in [0.717, 1.165) is 36.8 Å². The summed E-state index contributed by atoms with van der Waals surface area (Å²) in [5.74, 6) is 7.72. The first kappa shape index (κ1) is 23.1. The van der Waals surface area contributed by atoms with Crippen LogP contribution in [0.25, 0.3) is 10.9 Å². The van der Waals surface area contributed by atoms with Crippen LogP contribution in [0.4, 0.5) is 4.39 Å². The number of alkyl halides is 1. The van der Waals surface area contributed by atoms with Crippen molar-refractivity contribution < 1.29 is 14.2 Å². The van der Waals surface area contributed by atoms with Crippen LogP contribution in [0.1, 0.15) is 36.8 Å². The summed E-state index contributed by atoms with van der Waals surface area (Å²) in [5.41, 5.74) is 1.41. The number of nitrogens with zero attached hydrogens (tertiary/aromatic N) is 4. The molecular weight excluding hydrogens is 419 g/mol. The second-order valence-corrected chi connectivity index (χ2v) is 8.43. The van der Waals surface area contributed by atoms with Crippen molar-refractivity contribution in [2.45, 2.75) is 25.4 Å². The molecular formula is C26H29FN4O2. The monoisotopic (exact) mass is 448 g/mol. The number of halogens is 1. The van der Waals surface area contributed by atoms with E-state index in [1.807, 2.05) is 18.2 Å². The van der Waals surface area contributed by atoms with Crippen molar-refractivity contribution in [2.75, 3.05) is 33.4 Å². The second-order valence-electron chi connectivity index (χ2n) is 8.43. The van der Waals surface area contributed by atoms with E-state index < -0.39 is 6.17 Å². The average Bonchev–Trinajstić information content (AvgIpc) is 2.87. The number of benzene rings is 1. The molecule has 1 N–H and O–H groups in total. The first-order valence-corrected chi connectivity index (χ1v) is 11.3. The number of fused-ring (bicyclic) bond motifs is 1. The SMILES string of the molecule is COc1ccc2nccc([C@@H](F)CC[C@@H]3CCN(CC#Cc4ncccn4)C[C@@H]3CO)c2c1. The standard InChI is InChI=1S/C26H29FN4O2/c1-33-21-6-8-25-23(16-21)22(9-13-28-25)24(27)7-5-19-10-15-31(17-20(19)18-32)14-2-4-26-29-11-3-12-30-26/h3,6,8-9,11-13,16,19-20,24,32H,5,7,10,14-15,17-18H2,1H3/t19-,20-,24+/m1/s1. The maximum atomic E-state index is 15.3. The van der Waals surface area contributed by atoms with Gasteiger partial charge >= 0.3 is 0 Å². The summed E-state index contributed by atoms with van der Waals surface area (Å²) < 4.78 is 20.6. The molecule has 0 radical (unpaired) electrons. The average molecular weight is 449 g/mol. The minimum Gasteiger partial charge on any atom is -0.497 e. The molecule has 3 heterocycles. The lowest BCUT2D eigenvalue weighted by atomic mass is 9.81. The predicted molar refractivity (Wildman–Crippen MR) is 125 cm³/mol. The van der Waals surface area contributed by atoms with E-state index in [4.69, 9.17) is 4.74 Å². The number of hydrogen-bond acceptors (Lipinski definition) is 6. The number of likely N-dealkylation sites (tertiary alicyclic amines) is 1. The maximum Gasteiger partial charge on any atom is 0.204 e. The first-order valence-electron chi connectivity index (χ1n) is 11.3. The van der Waals surface area contributed by atoms with Gasteiger partial charge in [0.2, 0.25) is 5.82 Å². The maximum absolute atomic E-state index is 15.3. The van der Waals surface area contributed by atoms with Crippen molar-refractivity contribution in [1.82, 2.24) is 19.9 Å². The van der Waals surface area contributed by atoms with E-state index >= 15 is 4.39 Å². The zero-order valence-electron chi connectivity index (χ0n) is 18.8. The van der Waals surface area contributed by atoms with Gasteiger partial charge in [-0.2, -0.15) is 0 Å². The van der Waals surface area contributed by atoms with E-state index in [1.54, 1.807) is 37.8 Å². The molecule has 1 fully saturated rings. The minimum atomic E-state index is -1.09. The van der Waals surface area contributed by atoms with Crippen LogP contribution in [-0.2, 0) is 0 Å². The van der Waals surface area contributed by atoms with Gasteiger partial charge in [0, 0.05) is 37.1 Å². The Kier molecular flexibility index (Phi) is 7.82. The molecule has 0 aliphatic carbocycles. The highest BCUT2D eigenvalue weighted by atomic mass is 19.1. The third-order valence-electron chi connectivity index (χ3n) is 6.39. The number of hydrogen-bond donors (Lipinski definition) is 1. The smallest absolute Gasteiger partial charge is 0.204 e. The molecule has 1 aliphatic rings. The number of pyridine rings is 1. The Morgan fingerprint density at radius 1 is 1.18 bits per heavy atom. The largest absolute Gasteiger partial charge is 0.497 e. The first-order chi connectivity index (χ1) is 16.2. The fraction of sp³-hybridized carbons (Fsp3) is 0.423. The van der Waals surface area contributed by atoms with Crippen LogP contribution in [0, 0.1) is 23.7 Å². The number of aliphatic hydroxyl groups excluding tert-OH is 1. The molecule has 7 heteroatoms. The van der Waals surface area contributed by atoms with E-state index in [-0.39, 0.29) is 18.4 Å². The summed E-state index contributed by atoms with van der Waals surface area (Å²) in [6.07, 6.45) is 6.00. The van der Waals surface area contributed by atoms with Gasteiger partial charge in [0.15, 0.2) is 0 Å². The van der Waals surface area contributed by atoms with Crippen molar-refractivity contribution >= 4 is 10.9 Å². The molecule has 3 atom stereocenters. The third-order valence-corrected chi connectivity index (χ3v) is 6.39. The Labute approximate surface area is 193 Å². The van der Waals surface area contributed by atoms with E-state index in [1.165, 1.54) is 0 Å². The van der Waals surface area contributed by atoms with Crippen molar-refractivity contribution in [3.8, 4) is 17.6 Å². The summed E-state index contributed by atoms with van der Waals surface area (Å²) in [6, 6.07) is 9.06. The molecule has 33 heavy (non-hydrogen) atoms. The quantitative estimate of drug-likeness (QED) is 0.555. The van der Waals surface area contributed by atoms with Crippen molar-refractivity contribution in [3.63, 3.8) is 0 Å². The van der Waals surface area contributed by atoms with Gasteiger partial charge in [-0.1, -0.05) is 5.92 Å². The van der Waals surface area contributed by atoms with E-state index in [2.05, 4.69) is 31.7 Å². The van der Waals surface area contributed by atoms with Crippen molar-refractivity contribution in [2.24, 2.45) is 11.8 Å². The highest BCUT2D eigenvalue weighted by Crippen LogP contribution is 2.35. The summed E-state index contributed by atoms with van der Waals surface area (Å²) >= 11 is 0. The molecule has 2 aromatic heterocycles. The molecule has 1 aliphatic heterocycles. The van der Waals surface area contributed by atoms with Gasteiger partial charge in [-0.3, -0.25) is 9.88 Å². The van der Waals surface area contributed by atoms with Gasteiger partial charge in [0.25, 0.3) is 0 Å². The molecule has 4 rings (SSSR count). The zero-order valence-corrected chi connectivity index (χ0v) is 18.8. The Hall–Kier alpha value is -3.08. The van der Waals surface area contributed by atoms with Gasteiger partial charge in [-0.05, 0) is 79.5 Å². The van der Waals surface area contributed by atoms with Crippen LogP contribution in [-0.4, -0.2) is 58.3 Å². The highest BCUT2D eigenvalue weighted by molar-refractivity contribution is 5.83. The molecule has 172 valence electrons. The lowest BCUT2D eigenvalue weighted by molar-refractivity contribution is 0.0708. The number of rotatable bonds is 7. The molecule has 0 amide bonds. The van der Waals surface area contributed by atoms with Crippen molar-refractivity contribution in [3.05, 3.63) is 60.3 Å². The topological polar surface area (TPSA) is 71.4 Å².